The molecule has 0 radical (unpaired) electrons. The van der Waals surface area contributed by atoms with Gasteiger partial charge in [-0.1, -0.05) is 48.8 Å². The van der Waals surface area contributed by atoms with E-state index in [2.05, 4.69) is 73.0 Å². The van der Waals surface area contributed by atoms with Crippen LogP contribution in [0.3, 0.4) is 0 Å². The van der Waals surface area contributed by atoms with Gasteiger partial charge in [0.2, 0.25) is 0 Å². The predicted octanol–water partition coefficient (Wildman–Crippen LogP) is 5.55. The molecule has 0 aromatic heterocycles. The predicted molar refractivity (Wildman–Crippen MR) is 112 cm³/mol. The largest absolute Gasteiger partial charge is 0.322 e. The van der Waals surface area contributed by atoms with Crippen LogP contribution in [0.15, 0.2) is 40.9 Å². The Balaban J connectivity index is 1.87. The third-order valence-electron chi connectivity index (χ3n) is 5.49. The van der Waals surface area contributed by atoms with Gasteiger partial charge in [0, 0.05) is 33.7 Å². The number of carbonyl (C=O) groups excluding carboxylic acids is 1. The van der Waals surface area contributed by atoms with Gasteiger partial charge in [-0.3, -0.25) is 9.69 Å². The molecule has 1 heterocycles. The zero-order chi connectivity index (χ0) is 19.1. The third-order valence-corrected chi connectivity index (χ3v) is 6.23. The molecule has 3 nitrogen and oxygen atoms in total. The van der Waals surface area contributed by atoms with Gasteiger partial charge in [0.25, 0.3) is 5.91 Å². The van der Waals surface area contributed by atoms with E-state index in [1.807, 2.05) is 24.3 Å². The fourth-order valence-corrected chi connectivity index (χ4v) is 4.52. The number of halogens is 1. The smallest absolute Gasteiger partial charge is 0.255 e. The highest BCUT2D eigenvalue weighted by Gasteiger charge is 2.34. The van der Waals surface area contributed by atoms with E-state index in [-0.39, 0.29) is 11.3 Å². The summed E-state index contributed by atoms with van der Waals surface area (Å²) in [6, 6.07) is 12.4. The standard InChI is InChI=1S/C22H27BrN2O/c1-6-15-7-8-16(11-20(15)23)21(26)24-17-9-10-19-18(12-17)14(2)25(5)13-22(19,3)4/h7-12,14H,6,13H2,1-5H3,(H,24,26). The number of hydrogen-bond acceptors (Lipinski definition) is 2. The molecule has 4 heteroatoms. The normalized spacial score (nSPS) is 19.1. The summed E-state index contributed by atoms with van der Waals surface area (Å²) in [5, 5.41) is 3.06. The number of nitrogens with one attached hydrogen (secondary N) is 1. The molecule has 1 aliphatic rings. The van der Waals surface area contributed by atoms with Crippen LogP contribution in [0.1, 0.15) is 60.8 Å². The van der Waals surface area contributed by atoms with Crippen molar-refractivity contribution in [2.24, 2.45) is 0 Å². The van der Waals surface area contributed by atoms with Crippen molar-refractivity contribution in [3.8, 4) is 0 Å². The highest BCUT2D eigenvalue weighted by Crippen LogP contribution is 2.39. The molecule has 26 heavy (non-hydrogen) atoms. The molecule has 2 aromatic rings. The maximum absolute atomic E-state index is 12.7. The minimum atomic E-state index is -0.0793. The topological polar surface area (TPSA) is 32.3 Å². The van der Waals surface area contributed by atoms with Crippen LogP contribution >= 0.6 is 15.9 Å². The quantitative estimate of drug-likeness (QED) is 0.713. The van der Waals surface area contributed by atoms with E-state index in [1.54, 1.807) is 0 Å². The summed E-state index contributed by atoms with van der Waals surface area (Å²) in [5.74, 6) is -0.0793. The van der Waals surface area contributed by atoms with E-state index in [1.165, 1.54) is 16.7 Å². The van der Waals surface area contributed by atoms with Gasteiger partial charge < -0.3 is 5.32 Å². The van der Waals surface area contributed by atoms with Crippen LogP contribution < -0.4 is 5.32 Å². The monoisotopic (exact) mass is 414 g/mol. The highest BCUT2D eigenvalue weighted by molar-refractivity contribution is 9.10. The van der Waals surface area contributed by atoms with Gasteiger partial charge in [-0.15, -0.1) is 0 Å². The molecular formula is C22H27BrN2O. The van der Waals surface area contributed by atoms with Crippen LogP contribution in [0.5, 0.6) is 0 Å². The van der Waals surface area contributed by atoms with Crippen molar-refractivity contribution >= 4 is 27.5 Å². The molecule has 1 aliphatic heterocycles. The van der Waals surface area contributed by atoms with Gasteiger partial charge in [0.05, 0.1) is 0 Å². The first kappa shape index (κ1) is 19.1. The molecule has 2 aromatic carbocycles. The Labute approximate surface area is 164 Å². The minimum absolute atomic E-state index is 0.0793. The van der Waals surface area contributed by atoms with Crippen molar-refractivity contribution in [2.45, 2.75) is 45.6 Å². The van der Waals surface area contributed by atoms with E-state index < -0.39 is 0 Å². The number of likely N-dealkylation sites (N-methyl/N-ethyl adjacent to an activating group) is 1. The Morgan fingerprint density at radius 1 is 1.27 bits per heavy atom. The summed E-state index contributed by atoms with van der Waals surface area (Å²) in [6.07, 6.45) is 0.939. The number of carbonyl (C=O) groups is 1. The third kappa shape index (κ3) is 3.58. The number of anilines is 1. The van der Waals surface area contributed by atoms with Crippen LogP contribution in [0.25, 0.3) is 0 Å². The second-order valence-electron chi connectivity index (χ2n) is 7.89. The van der Waals surface area contributed by atoms with Gasteiger partial charge in [-0.05, 0) is 61.3 Å². The van der Waals surface area contributed by atoms with Crippen LogP contribution in [0.2, 0.25) is 0 Å². The average Bonchev–Trinajstić information content (AvgIpc) is 2.59. The summed E-state index contributed by atoms with van der Waals surface area (Å²) < 4.78 is 0.982. The van der Waals surface area contributed by atoms with Crippen molar-refractivity contribution in [1.29, 1.82) is 0 Å². The summed E-state index contributed by atoms with van der Waals surface area (Å²) in [6.45, 7) is 9.91. The molecule has 0 spiro atoms. The number of benzene rings is 2. The summed E-state index contributed by atoms with van der Waals surface area (Å²) in [5.41, 5.74) is 5.49. The van der Waals surface area contributed by atoms with E-state index in [0.29, 0.717) is 11.6 Å². The Hall–Kier alpha value is -1.65. The first-order valence-corrected chi connectivity index (χ1v) is 9.96. The first-order chi connectivity index (χ1) is 12.2. The lowest BCUT2D eigenvalue weighted by molar-refractivity contribution is 0.102. The van der Waals surface area contributed by atoms with Crippen molar-refractivity contribution in [1.82, 2.24) is 4.90 Å². The zero-order valence-corrected chi connectivity index (χ0v) is 17.8. The second kappa shape index (κ2) is 7.16. The number of fused-ring (bicyclic) bond motifs is 1. The van der Waals surface area contributed by atoms with E-state index in [0.717, 1.165) is 23.1 Å². The number of hydrogen-bond donors (Lipinski definition) is 1. The molecule has 0 saturated carbocycles. The Kier molecular flexibility index (Phi) is 5.27. The van der Waals surface area contributed by atoms with Crippen molar-refractivity contribution in [3.05, 3.63) is 63.1 Å². The lowest BCUT2D eigenvalue weighted by Crippen LogP contribution is -2.42. The van der Waals surface area contributed by atoms with Gasteiger partial charge >= 0.3 is 0 Å². The lowest BCUT2D eigenvalue weighted by atomic mass is 9.76. The molecule has 0 fully saturated rings. The summed E-state index contributed by atoms with van der Waals surface area (Å²) in [4.78, 5) is 15.0. The molecule has 0 aliphatic carbocycles. The van der Waals surface area contributed by atoms with Crippen molar-refractivity contribution in [2.75, 3.05) is 18.9 Å². The van der Waals surface area contributed by atoms with Gasteiger partial charge in [-0.25, -0.2) is 0 Å². The zero-order valence-electron chi connectivity index (χ0n) is 16.2. The van der Waals surface area contributed by atoms with E-state index >= 15 is 0 Å². The maximum Gasteiger partial charge on any atom is 0.255 e. The number of nitrogens with zero attached hydrogens (tertiary/aromatic N) is 1. The Morgan fingerprint density at radius 2 is 2.00 bits per heavy atom. The molecule has 1 unspecified atom stereocenters. The first-order valence-electron chi connectivity index (χ1n) is 9.17. The maximum atomic E-state index is 12.7. The van der Waals surface area contributed by atoms with E-state index in [4.69, 9.17) is 0 Å². The van der Waals surface area contributed by atoms with Gasteiger partial charge in [-0.2, -0.15) is 0 Å². The summed E-state index contributed by atoms with van der Waals surface area (Å²) in [7, 11) is 2.16. The molecule has 0 bridgehead atoms. The SMILES string of the molecule is CCc1ccc(C(=O)Nc2ccc3c(c2)C(C)N(C)CC3(C)C)cc1Br. The number of rotatable bonds is 3. The van der Waals surface area contributed by atoms with Crippen LogP contribution in [0, 0.1) is 0 Å². The molecule has 1 atom stereocenters. The lowest BCUT2D eigenvalue weighted by Gasteiger charge is -2.42. The average molecular weight is 415 g/mol. The Morgan fingerprint density at radius 3 is 2.65 bits per heavy atom. The molecule has 1 N–H and O–H groups in total. The van der Waals surface area contributed by atoms with Crippen LogP contribution in [-0.4, -0.2) is 24.4 Å². The molecule has 1 amide bonds. The van der Waals surface area contributed by atoms with E-state index in [9.17, 15) is 4.79 Å². The molecule has 3 rings (SSSR count). The molecule has 138 valence electrons. The van der Waals surface area contributed by atoms with Crippen molar-refractivity contribution < 1.29 is 4.79 Å². The van der Waals surface area contributed by atoms with Gasteiger partial charge in [0.15, 0.2) is 0 Å². The van der Waals surface area contributed by atoms with Crippen LogP contribution in [0.4, 0.5) is 5.69 Å². The van der Waals surface area contributed by atoms with Crippen molar-refractivity contribution in [3.63, 3.8) is 0 Å². The molecule has 0 saturated heterocycles. The molecular weight excluding hydrogens is 388 g/mol. The van der Waals surface area contributed by atoms with Gasteiger partial charge in [0.1, 0.15) is 0 Å². The minimum Gasteiger partial charge on any atom is -0.322 e. The fraction of sp³-hybridized carbons (Fsp3) is 0.409. The number of aryl methyl sites for hydroxylation is 1. The van der Waals surface area contributed by atoms with Crippen LogP contribution in [-0.2, 0) is 11.8 Å². The summed E-state index contributed by atoms with van der Waals surface area (Å²) >= 11 is 3.55. The second-order valence-corrected chi connectivity index (χ2v) is 8.75. The highest BCUT2D eigenvalue weighted by atomic mass is 79.9. The number of amides is 1. The Bertz CT molecular complexity index is 844. The fourth-order valence-electron chi connectivity index (χ4n) is 3.86.